The van der Waals surface area contributed by atoms with Gasteiger partial charge in [-0.3, -0.25) is 4.79 Å². The third-order valence-electron chi connectivity index (χ3n) is 3.75. The molecule has 26 heavy (non-hydrogen) atoms. The minimum Gasteiger partial charge on any atom is -0.790 e. The van der Waals surface area contributed by atoms with E-state index in [1.54, 1.807) is 24.3 Å². The second kappa shape index (κ2) is 15.7. The maximum Gasteiger partial charge on any atom is 1.00 e. The van der Waals surface area contributed by atoms with Gasteiger partial charge in [0.05, 0.1) is 20.0 Å². The molecule has 0 aliphatic carbocycles. The average Bonchev–Trinajstić information content (AvgIpc) is 2.51. The van der Waals surface area contributed by atoms with Crippen LogP contribution < -0.4 is 74.2 Å². The molecule has 0 unspecified atom stereocenters. The Morgan fingerprint density at radius 1 is 1.12 bits per heavy atom. The molecule has 0 saturated carbocycles. The van der Waals surface area contributed by atoms with Crippen LogP contribution in [0.15, 0.2) is 30.3 Å². The zero-order chi connectivity index (χ0) is 18.0. The minimum atomic E-state index is -5.12. The fourth-order valence-electron chi connectivity index (χ4n) is 2.53. The summed E-state index contributed by atoms with van der Waals surface area (Å²) in [5, 5.41) is 2.78. The smallest absolute Gasteiger partial charge is 0.790 e. The molecule has 6 nitrogen and oxygen atoms in total. The molecule has 2 atom stereocenters. The van der Waals surface area contributed by atoms with Gasteiger partial charge in [-0.25, -0.2) is 0 Å². The molecule has 0 spiro atoms. The van der Waals surface area contributed by atoms with E-state index in [-0.39, 0.29) is 65.0 Å². The maximum atomic E-state index is 12.1. The van der Waals surface area contributed by atoms with Crippen molar-refractivity contribution in [3.63, 3.8) is 0 Å². The Bertz CT molecular complexity index is 541. The first-order valence-corrected chi connectivity index (χ1v) is 9.84. The average molecular weight is 401 g/mol. The fraction of sp³-hybridized carbons (Fsp3) is 0.588. The molecule has 0 bridgehead atoms. The summed E-state index contributed by atoms with van der Waals surface area (Å²) in [6.07, 6.45) is 4.55. The number of carbonyl (C=O) groups is 1. The predicted molar refractivity (Wildman–Crippen MR) is 88.9 cm³/mol. The summed E-state index contributed by atoms with van der Waals surface area (Å²) >= 11 is 0. The molecule has 0 aromatic heterocycles. The Labute approximate surface area is 200 Å². The zero-order valence-electron chi connectivity index (χ0n) is 16.3. The van der Waals surface area contributed by atoms with E-state index in [1.807, 2.05) is 6.07 Å². The van der Waals surface area contributed by atoms with Crippen molar-refractivity contribution in [1.29, 1.82) is 0 Å². The first-order chi connectivity index (χ1) is 11.3. The minimum absolute atomic E-state index is 0. The van der Waals surface area contributed by atoms with Crippen molar-refractivity contribution in [3.8, 4) is 0 Å². The van der Waals surface area contributed by atoms with Crippen molar-refractivity contribution < 1.29 is 82.8 Å². The molecule has 1 rings (SSSR count). The summed E-state index contributed by atoms with van der Waals surface area (Å²) < 4.78 is 15.4. The molecule has 0 heterocycles. The van der Waals surface area contributed by atoms with Crippen LogP contribution in [0.5, 0.6) is 0 Å². The molecule has 0 aliphatic rings. The molecule has 0 saturated heterocycles. The number of hydrogen-bond donors (Lipinski definition) is 1. The van der Waals surface area contributed by atoms with Crippen LogP contribution in [0.4, 0.5) is 0 Å². The van der Waals surface area contributed by atoms with Crippen LogP contribution in [0.2, 0.25) is 0 Å². The number of phosphoric ester groups is 1. The van der Waals surface area contributed by atoms with Gasteiger partial charge in [0, 0.05) is 6.42 Å². The van der Waals surface area contributed by atoms with E-state index in [0.29, 0.717) is 12.0 Å². The van der Waals surface area contributed by atoms with Crippen molar-refractivity contribution in [2.75, 3.05) is 0 Å². The van der Waals surface area contributed by atoms with Gasteiger partial charge in [-0.15, -0.1) is 0 Å². The molecular weight excluding hydrogens is 375 g/mol. The van der Waals surface area contributed by atoms with E-state index in [4.69, 9.17) is 0 Å². The molecule has 136 valence electrons. The number of nitrogens with one attached hydrogen (secondary N) is 1. The predicted octanol–water partition coefficient (Wildman–Crippen LogP) is -3.55. The number of hydrogen-bond acceptors (Lipinski definition) is 5. The summed E-state index contributed by atoms with van der Waals surface area (Å²) in [7, 11) is -5.12. The van der Waals surface area contributed by atoms with Gasteiger partial charge in [0.25, 0.3) is 0 Å². The molecule has 9 heteroatoms. The van der Waals surface area contributed by atoms with E-state index >= 15 is 0 Å². The third kappa shape index (κ3) is 13.1. The first kappa shape index (κ1) is 29.0. The Hall–Kier alpha value is 0.800. The van der Waals surface area contributed by atoms with Gasteiger partial charge in [0.1, 0.15) is 0 Å². The van der Waals surface area contributed by atoms with Crippen LogP contribution >= 0.6 is 7.82 Å². The van der Waals surface area contributed by atoms with Gasteiger partial charge in [0.15, 0.2) is 0 Å². The standard InChI is InChI=1S/C17H28NO5P.2Na/c1-3-4-5-6-10-13-16(19)18-17(14(2)23-24(20,21)22)15-11-8-7-9-12-15;;/h7-9,11-12,14,17H,3-6,10,13H2,1-2H3,(H,18,19)(H2,20,21,22);;/q;2*+1/p-2/t14-,17-;;/m1../s1. The van der Waals surface area contributed by atoms with Crippen LogP contribution in [-0.2, 0) is 13.9 Å². The number of rotatable bonds is 11. The number of unbranched alkanes of at least 4 members (excludes halogenated alkanes) is 4. The van der Waals surface area contributed by atoms with Crippen LogP contribution in [0.25, 0.3) is 0 Å². The number of carbonyl (C=O) groups excluding carboxylic acids is 1. The third-order valence-corrected chi connectivity index (χ3v) is 4.34. The van der Waals surface area contributed by atoms with E-state index in [0.717, 1.165) is 32.1 Å². The van der Waals surface area contributed by atoms with Crippen LogP contribution in [-0.4, -0.2) is 12.0 Å². The fourth-order valence-corrected chi connectivity index (χ4v) is 3.06. The van der Waals surface area contributed by atoms with Gasteiger partial charge >= 0.3 is 59.1 Å². The van der Waals surface area contributed by atoms with Crippen molar-refractivity contribution in [2.24, 2.45) is 0 Å². The summed E-state index contributed by atoms with van der Waals surface area (Å²) in [6, 6.07) is 8.19. The second-order valence-electron chi connectivity index (χ2n) is 5.88. The van der Waals surface area contributed by atoms with Gasteiger partial charge < -0.3 is 24.2 Å². The van der Waals surface area contributed by atoms with Crippen LogP contribution in [0.3, 0.4) is 0 Å². The molecule has 1 aromatic rings. The Kier molecular flexibility index (Phi) is 17.5. The topological polar surface area (TPSA) is 102 Å². The molecule has 0 aliphatic heterocycles. The van der Waals surface area contributed by atoms with Gasteiger partial charge in [-0.05, 0) is 18.9 Å². The summed E-state index contributed by atoms with van der Waals surface area (Å²) in [5.41, 5.74) is 0.692. The second-order valence-corrected chi connectivity index (χ2v) is 6.98. The number of benzene rings is 1. The van der Waals surface area contributed by atoms with E-state index < -0.39 is 20.0 Å². The normalized spacial score (nSPS) is 13.1. The van der Waals surface area contributed by atoms with E-state index in [1.165, 1.54) is 6.92 Å². The van der Waals surface area contributed by atoms with Crippen molar-refractivity contribution in [2.45, 2.75) is 64.5 Å². The molecule has 0 fully saturated rings. The van der Waals surface area contributed by atoms with Gasteiger partial charge in [-0.2, -0.15) is 0 Å². The van der Waals surface area contributed by atoms with Crippen LogP contribution in [0, 0.1) is 0 Å². The quantitative estimate of drug-likeness (QED) is 0.235. The van der Waals surface area contributed by atoms with E-state index in [9.17, 15) is 19.1 Å². The van der Waals surface area contributed by atoms with Gasteiger partial charge in [-0.1, -0.05) is 62.9 Å². The molecule has 1 aromatic carbocycles. The van der Waals surface area contributed by atoms with Crippen molar-refractivity contribution >= 4 is 13.7 Å². The van der Waals surface area contributed by atoms with Gasteiger partial charge in [0.2, 0.25) is 5.91 Å². The summed E-state index contributed by atoms with van der Waals surface area (Å²) in [4.78, 5) is 33.9. The Balaban J connectivity index is 0. The summed E-state index contributed by atoms with van der Waals surface area (Å²) in [6.45, 7) is 3.59. The summed E-state index contributed by atoms with van der Waals surface area (Å²) in [5.74, 6) is -0.178. The number of phosphoric acid groups is 1. The monoisotopic (exact) mass is 401 g/mol. The van der Waals surface area contributed by atoms with Crippen LogP contribution in [0.1, 0.15) is 64.0 Å². The van der Waals surface area contributed by atoms with E-state index in [2.05, 4.69) is 16.8 Å². The molecule has 1 amide bonds. The Morgan fingerprint density at radius 2 is 1.69 bits per heavy atom. The molecule has 0 radical (unpaired) electrons. The molecule has 1 N–H and O–H groups in total. The Morgan fingerprint density at radius 3 is 2.23 bits per heavy atom. The zero-order valence-corrected chi connectivity index (χ0v) is 21.2. The molecular formula is C17H26NNa2O5P. The SMILES string of the molecule is CCCCCCCC(=O)N[C@@H](c1ccccc1)[C@@H](C)OP(=O)([O-])[O-].[Na+].[Na+]. The van der Waals surface area contributed by atoms with Crippen molar-refractivity contribution in [3.05, 3.63) is 35.9 Å². The number of amides is 1. The largest absolute Gasteiger partial charge is 1.00 e. The maximum absolute atomic E-state index is 12.1. The first-order valence-electron chi connectivity index (χ1n) is 8.38. The van der Waals surface area contributed by atoms with Crippen molar-refractivity contribution in [1.82, 2.24) is 5.32 Å².